The van der Waals surface area contributed by atoms with Crippen LogP contribution in [-0.4, -0.2) is 86.9 Å². The predicted octanol–water partition coefficient (Wildman–Crippen LogP) is 1.59. The third-order valence-corrected chi connectivity index (χ3v) is 9.86. The lowest BCUT2D eigenvalue weighted by Crippen LogP contribution is -2.59. The first-order valence-electron chi connectivity index (χ1n) is 17.2. The number of Topliss-reactive ketones (excluding diaryl/α,β-unsaturated/α-hetero) is 1. The van der Waals surface area contributed by atoms with Crippen LogP contribution in [-0.2, 0) is 24.0 Å². The van der Waals surface area contributed by atoms with E-state index in [9.17, 15) is 28.8 Å². The first kappa shape index (κ1) is 34.2. The summed E-state index contributed by atoms with van der Waals surface area (Å²) < 4.78 is 0. The lowest BCUT2D eigenvalue weighted by Gasteiger charge is -2.33. The molecule has 4 aliphatic rings. The van der Waals surface area contributed by atoms with Gasteiger partial charge in [0.2, 0.25) is 23.5 Å². The fourth-order valence-corrected chi connectivity index (χ4v) is 7.01. The molecule has 5 amide bonds. The highest BCUT2D eigenvalue weighted by Crippen LogP contribution is 2.45. The molecule has 5 atom stereocenters. The van der Waals surface area contributed by atoms with Crippen LogP contribution in [0.3, 0.4) is 0 Å². The van der Waals surface area contributed by atoms with Gasteiger partial charge in [0.05, 0.1) is 12.2 Å². The Bertz CT molecular complexity index is 1340. The Morgan fingerprint density at radius 1 is 0.957 bits per heavy atom. The summed E-state index contributed by atoms with van der Waals surface area (Å²) in [4.78, 5) is 89.8. The summed E-state index contributed by atoms with van der Waals surface area (Å²) in [6.45, 7) is 5.99. The van der Waals surface area contributed by atoms with Crippen LogP contribution in [0.4, 0.5) is 0 Å². The van der Waals surface area contributed by atoms with Gasteiger partial charge in [-0.2, -0.15) is 0 Å². The van der Waals surface area contributed by atoms with E-state index in [4.69, 9.17) is 0 Å². The van der Waals surface area contributed by atoms with Gasteiger partial charge in [-0.15, -0.1) is 6.58 Å². The smallest absolute Gasteiger partial charge is 0.289 e. The lowest BCUT2D eigenvalue weighted by atomic mass is 9.83. The van der Waals surface area contributed by atoms with Crippen LogP contribution < -0.4 is 21.3 Å². The van der Waals surface area contributed by atoms with Gasteiger partial charge in [-0.05, 0) is 69.1 Å². The number of aromatic nitrogens is 2. The quantitative estimate of drug-likeness (QED) is 0.163. The molecule has 3 aliphatic carbocycles. The van der Waals surface area contributed by atoms with Gasteiger partial charge in [-0.3, -0.25) is 33.8 Å². The van der Waals surface area contributed by atoms with Gasteiger partial charge in [0.1, 0.15) is 23.8 Å². The number of likely N-dealkylation sites (tertiary alicyclic amines) is 1. The average molecular weight is 650 g/mol. The standard InChI is InChI=1S/C34H47N7O6/c1-3-8-25(29(42)33(46)37-22-13-14-22)39-32(45)28-23(20-11-12-20)15-18-41(28)34(47)24(4-2)38-31(44)27(21-9-6-5-7-10-21)40-30(43)26-19-35-16-17-36-26/h4,16-17,19-25,27-28H,2-3,5-15,18H2,1H3,(H,37,46)(H,38,44)(H,39,45)(H,40,43)/t23?,24-,25?,27-,28-/m0/s1. The fourth-order valence-electron chi connectivity index (χ4n) is 7.01. The highest BCUT2D eigenvalue weighted by molar-refractivity contribution is 6.38. The van der Waals surface area contributed by atoms with Crippen LogP contribution in [0.2, 0.25) is 0 Å². The highest BCUT2D eigenvalue weighted by atomic mass is 16.2. The Balaban J connectivity index is 1.30. The molecule has 13 nitrogen and oxygen atoms in total. The van der Waals surface area contributed by atoms with Gasteiger partial charge in [-0.1, -0.05) is 38.7 Å². The molecular weight excluding hydrogens is 602 g/mol. The molecule has 13 heteroatoms. The molecule has 1 aliphatic heterocycles. The van der Waals surface area contributed by atoms with Gasteiger partial charge in [-0.25, -0.2) is 4.98 Å². The van der Waals surface area contributed by atoms with Gasteiger partial charge in [0.25, 0.3) is 11.8 Å². The van der Waals surface area contributed by atoms with E-state index in [1.165, 1.54) is 29.6 Å². The number of carbonyl (C=O) groups excluding carboxylic acids is 6. The maximum atomic E-state index is 14.1. The largest absolute Gasteiger partial charge is 0.347 e. The van der Waals surface area contributed by atoms with E-state index in [2.05, 4.69) is 37.8 Å². The SMILES string of the molecule is C=C[C@H](NC(=O)[C@@H](NC(=O)c1cnccn1)C1CCCCC1)C(=O)N1CCC(C2CC2)[C@H]1C(=O)NC(CCC)C(=O)C(=O)NC1CC1. The molecule has 0 aromatic carbocycles. The molecule has 0 radical (unpaired) electrons. The molecule has 4 fully saturated rings. The van der Waals surface area contributed by atoms with Crippen LogP contribution >= 0.6 is 0 Å². The molecule has 1 saturated heterocycles. The zero-order valence-electron chi connectivity index (χ0n) is 27.1. The van der Waals surface area contributed by atoms with Crippen LogP contribution in [0.15, 0.2) is 31.2 Å². The van der Waals surface area contributed by atoms with E-state index in [-0.39, 0.29) is 29.5 Å². The van der Waals surface area contributed by atoms with E-state index >= 15 is 0 Å². The third kappa shape index (κ3) is 8.61. The summed E-state index contributed by atoms with van der Waals surface area (Å²) in [5.41, 5.74) is 0.0828. The summed E-state index contributed by atoms with van der Waals surface area (Å²) in [6.07, 6.45) is 15.0. The van der Waals surface area contributed by atoms with E-state index in [1.54, 1.807) is 0 Å². The van der Waals surface area contributed by atoms with Crippen molar-refractivity contribution in [2.45, 2.75) is 114 Å². The van der Waals surface area contributed by atoms with Crippen molar-refractivity contribution in [3.05, 3.63) is 36.9 Å². The second kappa shape index (κ2) is 15.6. The van der Waals surface area contributed by atoms with Crippen molar-refractivity contribution < 1.29 is 28.8 Å². The van der Waals surface area contributed by atoms with Crippen molar-refractivity contribution in [2.24, 2.45) is 17.8 Å². The number of carbonyl (C=O) groups is 6. The Labute approximate surface area is 275 Å². The van der Waals surface area contributed by atoms with Crippen LogP contribution in [0.25, 0.3) is 0 Å². The first-order chi connectivity index (χ1) is 22.7. The van der Waals surface area contributed by atoms with E-state index in [1.807, 2.05) is 6.92 Å². The third-order valence-electron chi connectivity index (χ3n) is 9.86. The molecule has 4 N–H and O–H groups in total. The number of rotatable bonds is 15. The minimum atomic E-state index is -1.15. The zero-order chi connectivity index (χ0) is 33.5. The number of amides is 5. The fraction of sp³-hybridized carbons (Fsp3) is 0.647. The van der Waals surface area contributed by atoms with Crippen molar-refractivity contribution in [1.29, 1.82) is 0 Å². The van der Waals surface area contributed by atoms with Crippen LogP contribution in [0.1, 0.15) is 94.5 Å². The van der Waals surface area contributed by atoms with Crippen molar-refractivity contribution in [3.63, 3.8) is 0 Å². The maximum Gasteiger partial charge on any atom is 0.289 e. The molecule has 0 spiro atoms. The first-order valence-corrected chi connectivity index (χ1v) is 17.2. The topological polar surface area (TPSA) is 180 Å². The maximum absolute atomic E-state index is 14.1. The summed E-state index contributed by atoms with van der Waals surface area (Å²) >= 11 is 0. The molecular formula is C34H47N7O6. The van der Waals surface area contributed by atoms with Crippen LogP contribution in [0.5, 0.6) is 0 Å². The second-order valence-electron chi connectivity index (χ2n) is 13.4. The molecule has 1 aromatic heterocycles. The summed E-state index contributed by atoms with van der Waals surface area (Å²) in [5, 5.41) is 11.1. The van der Waals surface area contributed by atoms with Crippen molar-refractivity contribution in [1.82, 2.24) is 36.1 Å². The Kier molecular flexibility index (Phi) is 11.4. The number of nitrogens with one attached hydrogen (secondary N) is 4. The zero-order valence-corrected chi connectivity index (χ0v) is 27.1. The number of nitrogens with zero attached hydrogens (tertiary/aromatic N) is 3. The normalized spacial score (nSPS) is 23.1. The number of hydrogen-bond acceptors (Lipinski definition) is 8. The van der Waals surface area contributed by atoms with Gasteiger partial charge >= 0.3 is 0 Å². The molecule has 254 valence electrons. The van der Waals surface area contributed by atoms with Gasteiger partial charge in [0.15, 0.2) is 0 Å². The minimum Gasteiger partial charge on any atom is -0.347 e. The molecule has 0 bridgehead atoms. The second-order valence-corrected chi connectivity index (χ2v) is 13.4. The van der Waals surface area contributed by atoms with E-state index < -0.39 is 59.5 Å². The number of hydrogen-bond donors (Lipinski definition) is 4. The lowest BCUT2D eigenvalue weighted by molar-refractivity contribution is -0.144. The Morgan fingerprint density at radius 2 is 1.70 bits per heavy atom. The van der Waals surface area contributed by atoms with Crippen molar-refractivity contribution >= 4 is 35.3 Å². The summed E-state index contributed by atoms with van der Waals surface area (Å²) in [7, 11) is 0. The van der Waals surface area contributed by atoms with Crippen LogP contribution in [0, 0.1) is 17.8 Å². The van der Waals surface area contributed by atoms with E-state index in [0.29, 0.717) is 25.8 Å². The average Bonchev–Trinajstić information content (AvgIpc) is 4.04. The molecule has 3 saturated carbocycles. The highest BCUT2D eigenvalue weighted by Gasteiger charge is 2.50. The number of ketones is 1. The van der Waals surface area contributed by atoms with Crippen molar-refractivity contribution in [3.8, 4) is 0 Å². The Morgan fingerprint density at radius 3 is 2.32 bits per heavy atom. The predicted molar refractivity (Wildman–Crippen MR) is 171 cm³/mol. The molecule has 1 aromatic rings. The molecule has 5 rings (SSSR count). The van der Waals surface area contributed by atoms with E-state index in [0.717, 1.165) is 57.8 Å². The molecule has 2 heterocycles. The summed E-state index contributed by atoms with van der Waals surface area (Å²) in [5.74, 6) is -3.31. The minimum absolute atomic E-state index is 0.00992. The van der Waals surface area contributed by atoms with Gasteiger partial charge in [0, 0.05) is 25.0 Å². The monoisotopic (exact) mass is 649 g/mol. The molecule has 47 heavy (non-hydrogen) atoms. The summed E-state index contributed by atoms with van der Waals surface area (Å²) in [6, 6.07) is -3.88. The molecule has 2 unspecified atom stereocenters. The van der Waals surface area contributed by atoms with Crippen molar-refractivity contribution in [2.75, 3.05) is 6.54 Å². The Hall–Kier alpha value is -4.16. The van der Waals surface area contributed by atoms with Gasteiger partial charge < -0.3 is 26.2 Å².